The zero-order valence-electron chi connectivity index (χ0n) is 12.1. The topological polar surface area (TPSA) is 73.6 Å². The number of amides is 1. The number of hydrogen-bond donors (Lipinski definition) is 2. The number of nitrogens with one attached hydrogen (secondary N) is 1. The Labute approximate surface area is 124 Å². The molecule has 1 heterocycles. The van der Waals surface area contributed by atoms with E-state index in [4.69, 9.17) is 15.2 Å². The van der Waals surface area contributed by atoms with E-state index in [1.165, 1.54) is 12.8 Å². The Kier molecular flexibility index (Phi) is 4.29. The van der Waals surface area contributed by atoms with Gasteiger partial charge in [0, 0.05) is 12.6 Å². The van der Waals surface area contributed by atoms with Crippen LogP contribution in [0.2, 0.25) is 0 Å². The fourth-order valence-corrected chi connectivity index (χ4v) is 3.15. The van der Waals surface area contributed by atoms with E-state index in [1.54, 1.807) is 0 Å². The molecule has 1 aromatic carbocycles. The van der Waals surface area contributed by atoms with Crippen molar-refractivity contribution in [3.63, 3.8) is 0 Å². The minimum atomic E-state index is -0.602. The second kappa shape index (κ2) is 6.35. The molecule has 21 heavy (non-hydrogen) atoms. The molecule has 1 saturated carbocycles. The Balaban J connectivity index is 1.60. The fourth-order valence-electron chi connectivity index (χ4n) is 3.15. The first-order valence-corrected chi connectivity index (χ1v) is 7.67. The quantitative estimate of drug-likeness (QED) is 0.880. The summed E-state index contributed by atoms with van der Waals surface area (Å²) < 4.78 is 11.3. The molecule has 3 N–H and O–H groups in total. The van der Waals surface area contributed by atoms with Gasteiger partial charge in [-0.05, 0) is 30.9 Å². The normalized spacial score (nSPS) is 22.8. The second-order valence-corrected chi connectivity index (χ2v) is 5.76. The van der Waals surface area contributed by atoms with Crippen LogP contribution < -0.4 is 20.5 Å². The lowest BCUT2D eigenvalue weighted by molar-refractivity contribution is -0.131. The van der Waals surface area contributed by atoms with Gasteiger partial charge in [0.2, 0.25) is 6.10 Å². The van der Waals surface area contributed by atoms with Crippen molar-refractivity contribution in [3.05, 3.63) is 24.3 Å². The Morgan fingerprint density at radius 2 is 2.00 bits per heavy atom. The van der Waals surface area contributed by atoms with E-state index < -0.39 is 6.10 Å². The summed E-state index contributed by atoms with van der Waals surface area (Å²) >= 11 is 0. The second-order valence-electron chi connectivity index (χ2n) is 5.76. The summed E-state index contributed by atoms with van der Waals surface area (Å²) in [6.45, 7) is 0.714. The van der Waals surface area contributed by atoms with E-state index in [-0.39, 0.29) is 18.6 Å². The van der Waals surface area contributed by atoms with Crippen LogP contribution in [0.5, 0.6) is 11.5 Å². The summed E-state index contributed by atoms with van der Waals surface area (Å²) in [6.07, 6.45) is 4.15. The molecule has 1 fully saturated rings. The predicted octanol–water partition coefficient (Wildman–Crippen LogP) is 1.46. The molecular weight excluding hydrogens is 268 g/mol. The first-order valence-electron chi connectivity index (χ1n) is 7.67. The molecule has 2 atom stereocenters. The van der Waals surface area contributed by atoms with Gasteiger partial charge in [-0.2, -0.15) is 0 Å². The lowest BCUT2D eigenvalue weighted by Crippen LogP contribution is -2.51. The molecule has 1 aliphatic carbocycles. The highest BCUT2D eigenvalue weighted by molar-refractivity contribution is 5.82. The lowest BCUT2D eigenvalue weighted by Gasteiger charge is -2.29. The van der Waals surface area contributed by atoms with Crippen molar-refractivity contribution in [2.24, 2.45) is 11.7 Å². The maximum Gasteiger partial charge on any atom is 0.264 e. The zero-order valence-corrected chi connectivity index (χ0v) is 12.1. The molecule has 0 bridgehead atoms. The fraction of sp³-hybridized carbons (Fsp3) is 0.562. The molecule has 0 saturated heterocycles. The smallest absolute Gasteiger partial charge is 0.264 e. The van der Waals surface area contributed by atoms with Crippen molar-refractivity contribution in [1.29, 1.82) is 0 Å². The standard InChI is InChI=1S/C16H22N2O3/c17-9-12(11-5-1-2-6-11)18-16(19)15-10-20-13-7-3-4-8-14(13)21-15/h3-4,7-8,11-12,15H,1-2,5-6,9-10,17H2,(H,18,19). The summed E-state index contributed by atoms with van der Waals surface area (Å²) in [5.74, 6) is 1.67. The van der Waals surface area contributed by atoms with Crippen molar-refractivity contribution in [1.82, 2.24) is 5.32 Å². The highest BCUT2D eigenvalue weighted by atomic mass is 16.6. The SMILES string of the molecule is NCC(NC(=O)C1COc2ccccc2O1)C1CCCC1. The van der Waals surface area contributed by atoms with E-state index in [0.717, 1.165) is 12.8 Å². The van der Waals surface area contributed by atoms with E-state index >= 15 is 0 Å². The van der Waals surface area contributed by atoms with Gasteiger partial charge in [-0.1, -0.05) is 25.0 Å². The summed E-state index contributed by atoms with van der Waals surface area (Å²) in [5, 5.41) is 3.04. The van der Waals surface area contributed by atoms with Crippen molar-refractivity contribution in [2.75, 3.05) is 13.2 Å². The van der Waals surface area contributed by atoms with E-state index in [1.807, 2.05) is 24.3 Å². The number of carbonyl (C=O) groups is 1. The third-order valence-electron chi connectivity index (χ3n) is 4.35. The molecule has 2 unspecified atom stereocenters. The maximum absolute atomic E-state index is 12.4. The van der Waals surface area contributed by atoms with Gasteiger partial charge in [0.15, 0.2) is 11.5 Å². The van der Waals surface area contributed by atoms with Crippen molar-refractivity contribution < 1.29 is 14.3 Å². The van der Waals surface area contributed by atoms with Gasteiger partial charge in [-0.15, -0.1) is 0 Å². The van der Waals surface area contributed by atoms with Crippen LogP contribution in [0.4, 0.5) is 0 Å². The van der Waals surface area contributed by atoms with Gasteiger partial charge in [0.05, 0.1) is 0 Å². The van der Waals surface area contributed by atoms with Crippen molar-refractivity contribution in [2.45, 2.75) is 37.8 Å². The minimum absolute atomic E-state index is 0.0424. The van der Waals surface area contributed by atoms with Gasteiger partial charge in [-0.25, -0.2) is 0 Å². The molecule has 0 radical (unpaired) electrons. The molecule has 114 valence electrons. The van der Waals surface area contributed by atoms with Crippen LogP contribution in [-0.4, -0.2) is 31.2 Å². The van der Waals surface area contributed by atoms with Crippen LogP contribution in [0.15, 0.2) is 24.3 Å². The molecule has 5 nitrogen and oxygen atoms in total. The zero-order chi connectivity index (χ0) is 14.7. The average Bonchev–Trinajstić information content (AvgIpc) is 3.06. The van der Waals surface area contributed by atoms with Gasteiger partial charge in [0.1, 0.15) is 6.61 Å². The Morgan fingerprint density at radius 1 is 1.29 bits per heavy atom. The number of hydrogen-bond acceptors (Lipinski definition) is 4. The first-order chi connectivity index (χ1) is 10.3. The van der Waals surface area contributed by atoms with Crippen LogP contribution in [0.3, 0.4) is 0 Å². The van der Waals surface area contributed by atoms with Gasteiger partial charge >= 0.3 is 0 Å². The molecule has 5 heteroatoms. The number of ether oxygens (including phenoxy) is 2. The first kappa shape index (κ1) is 14.2. The van der Waals surface area contributed by atoms with Crippen LogP contribution in [0.25, 0.3) is 0 Å². The van der Waals surface area contributed by atoms with Crippen molar-refractivity contribution in [3.8, 4) is 11.5 Å². The Hall–Kier alpha value is -1.75. The highest BCUT2D eigenvalue weighted by Crippen LogP contribution is 2.31. The van der Waals surface area contributed by atoms with Crippen LogP contribution in [0, 0.1) is 5.92 Å². The van der Waals surface area contributed by atoms with E-state index in [0.29, 0.717) is 24.0 Å². The average molecular weight is 290 g/mol. The number of rotatable bonds is 4. The van der Waals surface area contributed by atoms with Crippen LogP contribution in [-0.2, 0) is 4.79 Å². The Bertz CT molecular complexity index is 500. The summed E-state index contributed by atoms with van der Waals surface area (Å²) in [5.41, 5.74) is 5.82. The lowest BCUT2D eigenvalue weighted by atomic mass is 9.98. The number of para-hydroxylation sites is 2. The third-order valence-corrected chi connectivity index (χ3v) is 4.35. The predicted molar refractivity (Wildman–Crippen MR) is 79.3 cm³/mol. The minimum Gasteiger partial charge on any atom is -0.485 e. The van der Waals surface area contributed by atoms with E-state index in [2.05, 4.69) is 5.32 Å². The summed E-state index contributed by atoms with van der Waals surface area (Å²) in [4.78, 5) is 12.4. The molecule has 0 aromatic heterocycles. The number of carbonyl (C=O) groups excluding carboxylic acids is 1. The molecular formula is C16H22N2O3. The summed E-state index contributed by atoms with van der Waals surface area (Å²) in [7, 11) is 0. The number of fused-ring (bicyclic) bond motifs is 1. The van der Waals surface area contributed by atoms with Crippen LogP contribution in [0.1, 0.15) is 25.7 Å². The molecule has 2 aliphatic rings. The molecule has 1 amide bonds. The maximum atomic E-state index is 12.4. The molecule has 3 rings (SSSR count). The van der Waals surface area contributed by atoms with Gasteiger partial charge in [0.25, 0.3) is 5.91 Å². The van der Waals surface area contributed by atoms with Gasteiger partial charge in [-0.3, -0.25) is 4.79 Å². The molecule has 0 spiro atoms. The highest BCUT2D eigenvalue weighted by Gasteiger charge is 2.31. The van der Waals surface area contributed by atoms with Gasteiger partial charge < -0.3 is 20.5 Å². The summed E-state index contributed by atoms with van der Waals surface area (Å²) in [6, 6.07) is 7.44. The Morgan fingerprint density at radius 3 is 2.71 bits per heavy atom. The van der Waals surface area contributed by atoms with Crippen molar-refractivity contribution >= 4 is 5.91 Å². The van der Waals surface area contributed by atoms with E-state index in [9.17, 15) is 4.79 Å². The third kappa shape index (κ3) is 3.13. The molecule has 1 aliphatic heterocycles. The van der Waals surface area contributed by atoms with Crippen LogP contribution >= 0.6 is 0 Å². The number of nitrogens with two attached hydrogens (primary N) is 1. The molecule has 1 aromatic rings. The monoisotopic (exact) mass is 290 g/mol. The largest absolute Gasteiger partial charge is 0.485 e. The number of benzene rings is 1.